The number of rotatable bonds is 3. The monoisotopic (exact) mass is 341 g/mol. The lowest BCUT2D eigenvalue weighted by Crippen LogP contribution is -2.46. The lowest BCUT2D eigenvalue weighted by molar-refractivity contribution is -0.140. The summed E-state index contributed by atoms with van der Waals surface area (Å²) >= 11 is 0. The Morgan fingerprint density at radius 2 is 2.04 bits per heavy atom. The number of aryl methyl sites for hydroxylation is 1. The van der Waals surface area contributed by atoms with E-state index >= 15 is 0 Å². The molecule has 1 saturated heterocycles. The Hall–Kier alpha value is -2.83. The number of ether oxygens (including phenoxy) is 3. The van der Waals surface area contributed by atoms with Gasteiger partial charge < -0.3 is 19.1 Å². The second kappa shape index (κ2) is 6.58. The summed E-state index contributed by atoms with van der Waals surface area (Å²) in [6.45, 7) is 3.23. The third-order valence-corrected chi connectivity index (χ3v) is 4.30. The van der Waals surface area contributed by atoms with Crippen LogP contribution in [0.5, 0.6) is 17.4 Å². The minimum atomic E-state index is -0.618. The van der Waals surface area contributed by atoms with E-state index in [-0.39, 0.29) is 18.6 Å². The van der Waals surface area contributed by atoms with E-state index in [0.717, 1.165) is 12.1 Å². The van der Waals surface area contributed by atoms with E-state index in [2.05, 4.69) is 10.2 Å². The molecule has 0 spiro atoms. The van der Waals surface area contributed by atoms with Crippen LogP contribution in [0.2, 0.25) is 0 Å². The van der Waals surface area contributed by atoms with Gasteiger partial charge in [-0.2, -0.15) is 5.10 Å². The van der Waals surface area contributed by atoms with Crippen LogP contribution in [-0.2, 0) is 4.79 Å². The van der Waals surface area contributed by atoms with Crippen molar-refractivity contribution >= 4 is 5.91 Å². The first kappa shape index (κ1) is 15.7. The molecule has 0 N–H and O–H groups in total. The number of aromatic nitrogens is 2. The fourth-order valence-corrected chi connectivity index (χ4v) is 2.99. The molecule has 0 bridgehead atoms. The number of likely N-dealkylation sites (tertiary alicyclic amines) is 1. The molecule has 7 heteroatoms. The van der Waals surface area contributed by atoms with E-state index in [4.69, 9.17) is 14.2 Å². The first-order valence-electron chi connectivity index (χ1n) is 8.33. The van der Waals surface area contributed by atoms with Crippen molar-refractivity contribution in [1.29, 1.82) is 0 Å². The van der Waals surface area contributed by atoms with Crippen LogP contribution in [0.3, 0.4) is 0 Å². The maximum atomic E-state index is 12.7. The second-order valence-corrected chi connectivity index (χ2v) is 6.19. The Labute approximate surface area is 145 Å². The third kappa shape index (κ3) is 3.35. The van der Waals surface area contributed by atoms with Gasteiger partial charge in [-0.05, 0) is 25.1 Å². The predicted molar refractivity (Wildman–Crippen MR) is 88.7 cm³/mol. The number of hydrogen-bond acceptors (Lipinski definition) is 6. The number of amides is 1. The molecule has 130 valence electrons. The molecule has 2 aromatic rings. The van der Waals surface area contributed by atoms with Gasteiger partial charge in [0.05, 0.1) is 12.2 Å². The maximum absolute atomic E-state index is 12.7. The van der Waals surface area contributed by atoms with Crippen LogP contribution < -0.4 is 14.2 Å². The highest BCUT2D eigenvalue weighted by Crippen LogP contribution is 2.31. The van der Waals surface area contributed by atoms with Gasteiger partial charge in [0, 0.05) is 19.0 Å². The summed E-state index contributed by atoms with van der Waals surface area (Å²) in [6, 6.07) is 11.0. The molecule has 7 nitrogen and oxygen atoms in total. The number of benzene rings is 1. The summed E-state index contributed by atoms with van der Waals surface area (Å²) in [6.07, 6.45) is 0.0522. The van der Waals surface area contributed by atoms with Gasteiger partial charge in [0.15, 0.2) is 11.5 Å². The van der Waals surface area contributed by atoms with E-state index in [0.29, 0.717) is 30.5 Å². The third-order valence-electron chi connectivity index (χ3n) is 4.30. The molecule has 0 saturated carbocycles. The van der Waals surface area contributed by atoms with Crippen LogP contribution in [0.1, 0.15) is 12.1 Å². The van der Waals surface area contributed by atoms with Gasteiger partial charge in [0.25, 0.3) is 5.91 Å². The van der Waals surface area contributed by atoms with Crippen LogP contribution in [0.15, 0.2) is 36.4 Å². The zero-order valence-electron chi connectivity index (χ0n) is 13.9. The second-order valence-electron chi connectivity index (χ2n) is 6.19. The van der Waals surface area contributed by atoms with E-state index in [9.17, 15) is 4.79 Å². The number of carbonyl (C=O) groups is 1. The molecule has 0 aliphatic carbocycles. The lowest BCUT2D eigenvalue weighted by atomic mass is 10.2. The normalized spacial score (nSPS) is 21.9. The minimum Gasteiger partial charge on any atom is -0.485 e. The molecular weight excluding hydrogens is 322 g/mol. The molecule has 0 unspecified atom stereocenters. The van der Waals surface area contributed by atoms with Crippen molar-refractivity contribution in [3.05, 3.63) is 42.1 Å². The molecule has 0 radical (unpaired) electrons. The minimum absolute atomic E-state index is 0.0735. The van der Waals surface area contributed by atoms with Crippen molar-refractivity contribution in [2.75, 3.05) is 19.7 Å². The summed E-state index contributed by atoms with van der Waals surface area (Å²) in [4.78, 5) is 14.4. The molecule has 1 aromatic carbocycles. The molecule has 2 atom stereocenters. The van der Waals surface area contributed by atoms with Gasteiger partial charge in [0.2, 0.25) is 12.0 Å². The summed E-state index contributed by atoms with van der Waals surface area (Å²) in [7, 11) is 0. The smallest absolute Gasteiger partial charge is 0.267 e. The summed E-state index contributed by atoms with van der Waals surface area (Å²) < 4.78 is 17.2. The number of hydrogen-bond donors (Lipinski definition) is 0. The molecule has 1 fully saturated rings. The van der Waals surface area contributed by atoms with Gasteiger partial charge in [-0.3, -0.25) is 4.79 Å². The highest BCUT2D eigenvalue weighted by Gasteiger charge is 2.35. The van der Waals surface area contributed by atoms with E-state index in [1.54, 1.807) is 17.0 Å². The summed E-state index contributed by atoms with van der Waals surface area (Å²) in [5.74, 6) is 1.69. The first-order chi connectivity index (χ1) is 12.2. The van der Waals surface area contributed by atoms with Crippen molar-refractivity contribution in [2.24, 2.45) is 0 Å². The van der Waals surface area contributed by atoms with E-state index in [1.165, 1.54) is 0 Å². The Morgan fingerprint density at radius 3 is 2.84 bits per heavy atom. The molecule has 4 rings (SSSR count). The zero-order valence-corrected chi connectivity index (χ0v) is 13.9. The SMILES string of the molecule is Cc1ccc(O[C@@H]2CCN(C(=O)[C@H]3COc4ccccc4O3)C2)nn1. The Balaban J connectivity index is 1.35. The molecular formula is C18H19N3O4. The van der Waals surface area contributed by atoms with E-state index in [1.807, 2.05) is 31.2 Å². The van der Waals surface area contributed by atoms with Crippen LogP contribution in [-0.4, -0.2) is 52.9 Å². The fourth-order valence-electron chi connectivity index (χ4n) is 2.99. The van der Waals surface area contributed by atoms with Crippen LogP contribution in [0, 0.1) is 6.92 Å². The summed E-state index contributed by atoms with van der Waals surface area (Å²) in [5, 5.41) is 7.98. The van der Waals surface area contributed by atoms with Crippen molar-refractivity contribution in [3.8, 4) is 17.4 Å². The Bertz CT molecular complexity index is 765. The molecule has 1 amide bonds. The van der Waals surface area contributed by atoms with Gasteiger partial charge in [-0.15, -0.1) is 5.10 Å². The first-order valence-corrected chi connectivity index (χ1v) is 8.33. The van der Waals surface area contributed by atoms with Crippen molar-refractivity contribution in [3.63, 3.8) is 0 Å². The maximum Gasteiger partial charge on any atom is 0.267 e. The molecule has 1 aromatic heterocycles. The lowest BCUT2D eigenvalue weighted by Gasteiger charge is -2.28. The van der Waals surface area contributed by atoms with E-state index < -0.39 is 6.10 Å². The summed E-state index contributed by atoms with van der Waals surface area (Å²) in [5.41, 5.74) is 0.838. The van der Waals surface area contributed by atoms with Gasteiger partial charge >= 0.3 is 0 Å². The van der Waals surface area contributed by atoms with Gasteiger partial charge in [-0.25, -0.2) is 0 Å². The Kier molecular flexibility index (Phi) is 4.13. The largest absolute Gasteiger partial charge is 0.485 e. The van der Waals surface area contributed by atoms with Crippen LogP contribution >= 0.6 is 0 Å². The van der Waals surface area contributed by atoms with Crippen LogP contribution in [0.25, 0.3) is 0 Å². The number of nitrogens with zero attached hydrogens (tertiary/aromatic N) is 3. The molecule has 2 aliphatic rings. The topological polar surface area (TPSA) is 73.8 Å². The van der Waals surface area contributed by atoms with Crippen molar-refractivity contribution in [2.45, 2.75) is 25.6 Å². The zero-order chi connectivity index (χ0) is 17.2. The Morgan fingerprint density at radius 1 is 1.20 bits per heavy atom. The van der Waals surface area contributed by atoms with Gasteiger partial charge in [0.1, 0.15) is 12.7 Å². The number of para-hydroxylation sites is 2. The van der Waals surface area contributed by atoms with Crippen LogP contribution in [0.4, 0.5) is 0 Å². The quantitative estimate of drug-likeness (QED) is 0.844. The average Bonchev–Trinajstić information content (AvgIpc) is 3.11. The molecule has 2 aliphatic heterocycles. The number of fused-ring (bicyclic) bond motifs is 1. The fraction of sp³-hybridized carbons (Fsp3) is 0.389. The molecule has 3 heterocycles. The van der Waals surface area contributed by atoms with Crippen molar-refractivity contribution in [1.82, 2.24) is 15.1 Å². The highest BCUT2D eigenvalue weighted by molar-refractivity contribution is 5.82. The predicted octanol–water partition coefficient (Wildman–Crippen LogP) is 1.60. The van der Waals surface area contributed by atoms with Gasteiger partial charge in [-0.1, -0.05) is 12.1 Å². The highest BCUT2D eigenvalue weighted by atomic mass is 16.6. The standard InChI is InChI=1S/C18H19N3O4/c1-12-6-7-17(20-19-12)24-13-8-9-21(10-13)18(22)16-11-23-14-4-2-3-5-15(14)25-16/h2-7,13,16H,8-11H2,1H3/t13-,16-/m1/s1. The molecule has 25 heavy (non-hydrogen) atoms. The van der Waals surface area contributed by atoms with Crippen molar-refractivity contribution < 1.29 is 19.0 Å². The average molecular weight is 341 g/mol. The number of carbonyl (C=O) groups excluding carboxylic acids is 1.